The molecule has 0 radical (unpaired) electrons. The molecule has 8 rings (SSSR count). The Labute approximate surface area is 238 Å². The fraction of sp³-hybridized carbons (Fsp3) is 0.943. The molecule has 0 aliphatic heterocycles. The molecule has 0 amide bonds. The molecule has 0 heterocycles. The van der Waals surface area contributed by atoms with Crippen LogP contribution < -0.4 is 0 Å². The maximum Gasteiger partial charge on any atom is 0.309 e. The van der Waals surface area contributed by atoms with E-state index < -0.39 is 0 Å². The summed E-state index contributed by atoms with van der Waals surface area (Å²) in [5.74, 6) is 0.256. The molecule has 4 heteroatoms. The molecule has 8 aliphatic rings. The molecular formula is C35H56O4. The third-order valence-electron chi connectivity index (χ3n) is 13.3. The second kappa shape index (κ2) is 10.6. The van der Waals surface area contributed by atoms with Crippen LogP contribution in [0.25, 0.3) is 0 Å². The molecule has 1 spiro atoms. The fourth-order valence-corrected chi connectivity index (χ4v) is 10.2. The second-order valence-electron chi connectivity index (χ2n) is 15.8. The topological polar surface area (TPSA) is 52.6 Å². The lowest BCUT2D eigenvalue weighted by Gasteiger charge is -2.58. The third kappa shape index (κ3) is 5.45. The number of hydrogen-bond acceptors (Lipinski definition) is 4. The molecule has 0 aromatic carbocycles. The van der Waals surface area contributed by atoms with Crippen molar-refractivity contribution in [1.82, 2.24) is 0 Å². The Morgan fingerprint density at radius 2 is 0.872 bits per heavy atom. The van der Waals surface area contributed by atoms with Crippen molar-refractivity contribution in [3.63, 3.8) is 0 Å². The van der Waals surface area contributed by atoms with E-state index in [4.69, 9.17) is 9.47 Å². The highest BCUT2D eigenvalue weighted by molar-refractivity contribution is 5.77. The van der Waals surface area contributed by atoms with Gasteiger partial charge in [0.15, 0.2) is 0 Å². The van der Waals surface area contributed by atoms with Gasteiger partial charge in [0.1, 0.15) is 11.2 Å². The van der Waals surface area contributed by atoms with E-state index in [0.29, 0.717) is 10.8 Å². The highest BCUT2D eigenvalue weighted by atomic mass is 16.6. The van der Waals surface area contributed by atoms with Gasteiger partial charge in [-0.1, -0.05) is 52.4 Å². The summed E-state index contributed by atoms with van der Waals surface area (Å²) in [6, 6.07) is 0. The van der Waals surface area contributed by atoms with Crippen LogP contribution in [0.4, 0.5) is 0 Å². The van der Waals surface area contributed by atoms with Crippen LogP contribution >= 0.6 is 0 Å². The highest BCUT2D eigenvalue weighted by Gasteiger charge is 2.60. The SMILES string of the molecule is CCCCCC12CCC(OC(=O)C3CC4(C3)CC(C(=O)OC35CCC(CCCCC)(CC3)CC5)C4)(CC1)CC2. The normalized spacial score (nSPS) is 44.1. The van der Waals surface area contributed by atoms with Crippen LogP contribution in [-0.2, 0) is 19.1 Å². The first-order chi connectivity index (χ1) is 18.8. The smallest absolute Gasteiger partial charge is 0.309 e. The summed E-state index contributed by atoms with van der Waals surface area (Å²) in [5, 5.41) is 0. The zero-order chi connectivity index (χ0) is 27.2. The van der Waals surface area contributed by atoms with Crippen LogP contribution in [0.5, 0.6) is 0 Å². The number of esters is 2. The predicted molar refractivity (Wildman–Crippen MR) is 154 cm³/mol. The molecule has 4 bridgehead atoms. The number of fused-ring (bicyclic) bond motifs is 6. The Bertz CT molecular complexity index is 781. The molecule has 220 valence electrons. The van der Waals surface area contributed by atoms with Crippen molar-refractivity contribution in [2.75, 3.05) is 0 Å². The average molecular weight is 541 g/mol. The van der Waals surface area contributed by atoms with Crippen LogP contribution in [-0.4, -0.2) is 23.1 Å². The number of ether oxygens (including phenoxy) is 2. The molecule has 0 aromatic heterocycles. The zero-order valence-corrected chi connectivity index (χ0v) is 25.3. The largest absolute Gasteiger partial charge is 0.459 e. The van der Waals surface area contributed by atoms with Crippen molar-refractivity contribution in [3.05, 3.63) is 0 Å². The van der Waals surface area contributed by atoms with Crippen molar-refractivity contribution in [1.29, 1.82) is 0 Å². The molecule has 8 aliphatic carbocycles. The summed E-state index contributed by atoms with van der Waals surface area (Å²) >= 11 is 0. The maximum absolute atomic E-state index is 13.2. The Balaban J connectivity index is 0.910. The van der Waals surface area contributed by atoms with Gasteiger partial charge < -0.3 is 9.47 Å². The van der Waals surface area contributed by atoms with Gasteiger partial charge in [-0.25, -0.2) is 0 Å². The summed E-state index contributed by atoms with van der Waals surface area (Å²) in [6.07, 6.45) is 28.5. The average Bonchev–Trinajstić information content (AvgIpc) is 2.89. The Morgan fingerprint density at radius 1 is 0.538 bits per heavy atom. The minimum atomic E-state index is -0.162. The van der Waals surface area contributed by atoms with Crippen molar-refractivity contribution in [2.24, 2.45) is 28.1 Å². The van der Waals surface area contributed by atoms with E-state index >= 15 is 0 Å². The van der Waals surface area contributed by atoms with Crippen LogP contribution in [0.1, 0.15) is 168 Å². The Kier molecular flexibility index (Phi) is 7.67. The van der Waals surface area contributed by atoms with E-state index in [9.17, 15) is 9.59 Å². The van der Waals surface area contributed by atoms with Gasteiger partial charge >= 0.3 is 11.9 Å². The molecule has 0 unspecified atom stereocenters. The summed E-state index contributed by atoms with van der Waals surface area (Å²) < 4.78 is 12.6. The second-order valence-corrected chi connectivity index (χ2v) is 15.8. The van der Waals surface area contributed by atoms with E-state index in [1.165, 1.54) is 89.9 Å². The van der Waals surface area contributed by atoms with Gasteiger partial charge in [-0.15, -0.1) is 0 Å². The van der Waals surface area contributed by atoms with Crippen LogP contribution in [0, 0.1) is 28.1 Å². The fourth-order valence-electron chi connectivity index (χ4n) is 10.2. The monoisotopic (exact) mass is 540 g/mol. The van der Waals surface area contributed by atoms with E-state index in [1.807, 2.05) is 0 Å². The van der Waals surface area contributed by atoms with Gasteiger partial charge in [0.25, 0.3) is 0 Å². The van der Waals surface area contributed by atoms with Crippen LogP contribution in [0.3, 0.4) is 0 Å². The highest BCUT2D eigenvalue weighted by Crippen LogP contribution is 2.63. The number of carbonyl (C=O) groups excluding carboxylic acids is 2. The summed E-state index contributed by atoms with van der Waals surface area (Å²) in [4.78, 5) is 26.3. The van der Waals surface area contributed by atoms with Gasteiger partial charge in [-0.05, 0) is 132 Å². The predicted octanol–water partition coefficient (Wildman–Crippen LogP) is 9.23. The molecule has 8 fully saturated rings. The van der Waals surface area contributed by atoms with Gasteiger partial charge in [-0.2, -0.15) is 0 Å². The molecule has 0 aromatic rings. The standard InChI is InChI=1S/C35H56O4/c1-3-5-7-9-31-11-17-34(18-12-31,19-13-31)38-29(36)27-23-33(24-27)25-28(26-33)30(37)39-35-20-14-32(15-21-35,16-22-35)10-8-6-4-2/h27-28H,3-26H2,1-2H3. The summed E-state index contributed by atoms with van der Waals surface area (Å²) in [5.41, 5.74) is 0.984. The van der Waals surface area contributed by atoms with E-state index in [2.05, 4.69) is 13.8 Å². The van der Waals surface area contributed by atoms with Crippen molar-refractivity contribution in [3.8, 4) is 0 Å². The van der Waals surface area contributed by atoms with Gasteiger partial charge in [0.05, 0.1) is 11.8 Å². The summed E-state index contributed by atoms with van der Waals surface area (Å²) in [7, 11) is 0. The van der Waals surface area contributed by atoms with Crippen molar-refractivity contribution >= 4 is 11.9 Å². The first kappa shape index (κ1) is 28.1. The lowest BCUT2D eigenvalue weighted by Crippen LogP contribution is -2.56. The first-order valence-corrected chi connectivity index (χ1v) is 17.2. The van der Waals surface area contributed by atoms with E-state index in [1.54, 1.807) is 0 Å². The number of carbonyl (C=O) groups is 2. The third-order valence-corrected chi connectivity index (χ3v) is 13.3. The van der Waals surface area contributed by atoms with Gasteiger partial charge in [0, 0.05) is 0 Å². The minimum absolute atomic E-state index is 0.0608. The quantitative estimate of drug-likeness (QED) is 0.183. The zero-order valence-electron chi connectivity index (χ0n) is 25.3. The van der Waals surface area contributed by atoms with Gasteiger partial charge in [-0.3, -0.25) is 9.59 Å². The van der Waals surface area contributed by atoms with Crippen LogP contribution in [0.2, 0.25) is 0 Å². The van der Waals surface area contributed by atoms with Crippen molar-refractivity contribution in [2.45, 2.75) is 179 Å². The van der Waals surface area contributed by atoms with Crippen LogP contribution in [0.15, 0.2) is 0 Å². The molecule has 0 N–H and O–H groups in total. The Hall–Kier alpha value is -1.06. The molecule has 0 atom stereocenters. The summed E-state index contributed by atoms with van der Waals surface area (Å²) in [6.45, 7) is 4.57. The number of hydrogen-bond donors (Lipinski definition) is 0. The lowest BCUT2D eigenvalue weighted by molar-refractivity contribution is -0.203. The van der Waals surface area contributed by atoms with E-state index in [0.717, 1.165) is 64.2 Å². The molecule has 4 nitrogen and oxygen atoms in total. The van der Waals surface area contributed by atoms with Crippen molar-refractivity contribution < 1.29 is 19.1 Å². The lowest BCUT2D eigenvalue weighted by atomic mass is 9.48. The molecular weight excluding hydrogens is 484 g/mol. The first-order valence-electron chi connectivity index (χ1n) is 17.2. The Morgan fingerprint density at radius 3 is 1.18 bits per heavy atom. The molecule has 0 saturated heterocycles. The van der Waals surface area contributed by atoms with Gasteiger partial charge in [0.2, 0.25) is 0 Å². The molecule has 39 heavy (non-hydrogen) atoms. The maximum atomic E-state index is 13.2. The molecule has 8 saturated carbocycles. The number of unbranched alkanes of at least 4 members (excludes halogenated alkanes) is 4. The van der Waals surface area contributed by atoms with E-state index in [-0.39, 0.29) is 40.4 Å². The minimum Gasteiger partial charge on any atom is -0.459 e. The number of rotatable bonds is 12.